The largest absolute Gasteiger partial charge is 0.473 e. The normalized spacial score (nSPS) is 16.3. The van der Waals surface area contributed by atoms with Gasteiger partial charge < -0.3 is 14.4 Å². The Morgan fingerprint density at radius 2 is 1.43 bits per heavy atom. The summed E-state index contributed by atoms with van der Waals surface area (Å²) in [6.45, 7) is 4.29. The molecule has 7 rings (SSSR count). The van der Waals surface area contributed by atoms with E-state index >= 15 is 0 Å². The van der Waals surface area contributed by atoms with Crippen molar-refractivity contribution in [3.05, 3.63) is 138 Å². The second-order valence-electron chi connectivity index (χ2n) is 12.8. The van der Waals surface area contributed by atoms with Gasteiger partial charge in [-0.25, -0.2) is 0 Å². The van der Waals surface area contributed by atoms with Crippen molar-refractivity contribution in [3.8, 4) is 23.0 Å². The molecule has 2 atom stereocenters. The van der Waals surface area contributed by atoms with E-state index < -0.39 is 0 Å². The fourth-order valence-corrected chi connectivity index (χ4v) is 6.74. The van der Waals surface area contributed by atoms with Crippen molar-refractivity contribution in [2.45, 2.75) is 39.1 Å². The summed E-state index contributed by atoms with van der Waals surface area (Å²) in [4.78, 5) is 22.8. The number of fused-ring (bicyclic) bond motifs is 1. The summed E-state index contributed by atoms with van der Waals surface area (Å²) in [7, 11) is 4.05. The first-order chi connectivity index (χ1) is 23.9. The number of carbonyl (C=O) groups excluding carboxylic acids is 1. The van der Waals surface area contributed by atoms with Gasteiger partial charge in [0.05, 0.1) is 17.0 Å². The number of piperidine rings is 1. The number of rotatable bonds is 11. The minimum absolute atomic E-state index is 0.127. The van der Waals surface area contributed by atoms with Gasteiger partial charge in [-0.2, -0.15) is 10.1 Å². The predicted octanol–water partition coefficient (Wildman–Crippen LogP) is 7.67. The van der Waals surface area contributed by atoms with Crippen molar-refractivity contribution in [2.24, 2.45) is 13.0 Å². The number of aryl methyl sites for hydroxylation is 1. The van der Waals surface area contributed by atoms with Gasteiger partial charge in [0.25, 0.3) is 0 Å². The van der Waals surface area contributed by atoms with Crippen LogP contribution in [-0.2, 0) is 31.6 Å². The van der Waals surface area contributed by atoms with Crippen LogP contribution >= 0.6 is 0 Å². The third kappa shape index (κ3) is 7.05. The molecule has 1 saturated heterocycles. The van der Waals surface area contributed by atoms with Gasteiger partial charge in [-0.05, 0) is 54.4 Å². The Morgan fingerprint density at radius 1 is 0.796 bits per heavy atom. The van der Waals surface area contributed by atoms with E-state index in [9.17, 15) is 4.79 Å². The molecule has 0 saturated carbocycles. The fourth-order valence-electron chi connectivity index (χ4n) is 6.74. The molecule has 1 aliphatic rings. The van der Waals surface area contributed by atoms with Crippen LogP contribution in [0.2, 0.25) is 0 Å². The topological polar surface area (TPSA) is 72.7 Å². The number of hydrogen-bond acceptors (Lipinski definition) is 6. The number of anilines is 1. The van der Waals surface area contributed by atoms with Crippen LogP contribution in [0.3, 0.4) is 0 Å². The highest BCUT2D eigenvalue weighted by Crippen LogP contribution is 2.37. The maximum absolute atomic E-state index is 13.8. The number of pyridine rings is 1. The monoisotopic (exact) mass is 651 g/mol. The summed E-state index contributed by atoms with van der Waals surface area (Å²) < 4.78 is 14.3. The molecule has 1 amide bonds. The molecule has 0 bridgehead atoms. The number of carbonyl (C=O) groups is 1. The molecule has 8 heteroatoms. The lowest BCUT2D eigenvalue weighted by atomic mass is 9.91. The van der Waals surface area contributed by atoms with E-state index in [1.165, 1.54) is 5.56 Å². The highest BCUT2D eigenvalue weighted by Gasteiger charge is 2.36. The van der Waals surface area contributed by atoms with Gasteiger partial charge in [0.1, 0.15) is 18.9 Å². The van der Waals surface area contributed by atoms with Crippen molar-refractivity contribution < 1.29 is 14.3 Å². The number of nitrogens with zero attached hydrogens (tertiary/aromatic N) is 5. The average molecular weight is 652 g/mol. The molecular weight excluding hydrogens is 610 g/mol. The van der Waals surface area contributed by atoms with Crippen LogP contribution in [0.5, 0.6) is 11.8 Å². The molecule has 248 valence electrons. The van der Waals surface area contributed by atoms with Crippen LogP contribution in [0.4, 0.5) is 5.69 Å². The Bertz CT molecular complexity index is 2030. The number of hydrogen-bond donors (Lipinski definition) is 0. The summed E-state index contributed by atoms with van der Waals surface area (Å²) in [6.07, 6.45) is 0.900. The molecule has 0 aliphatic carbocycles. The molecule has 0 N–H and O–H groups in total. The smallest absolute Gasteiger partial charge is 0.231 e. The van der Waals surface area contributed by atoms with Crippen molar-refractivity contribution in [2.75, 3.05) is 18.5 Å². The van der Waals surface area contributed by atoms with Crippen LogP contribution in [0.1, 0.15) is 30.0 Å². The molecule has 2 aromatic heterocycles. The second kappa shape index (κ2) is 14.3. The Balaban J connectivity index is 1.14. The fraction of sp³-hybridized carbons (Fsp3) is 0.244. The summed E-state index contributed by atoms with van der Waals surface area (Å²) in [6, 6.07) is 40.6. The molecule has 0 spiro atoms. The molecular formula is C41H41N5O3. The van der Waals surface area contributed by atoms with Gasteiger partial charge in [0.15, 0.2) is 0 Å². The Morgan fingerprint density at radius 3 is 2.10 bits per heavy atom. The number of benzene rings is 4. The maximum Gasteiger partial charge on any atom is 0.231 e. The lowest BCUT2D eigenvalue weighted by Gasteiger charge is -2.40. The van der Waals surface area contributed by atoms with Crippen molar-refractivity contribution >= 4 is 22.5 Å². The van der Waals surface area contributed by atoms with E-state index in [-0.39, 0.29) is 17.9 Å². The molecule has 1 fully saturated rings. The first-order valence-corrected chi connectivity index (χ1v) is 16.8. The van der Waals surface area contributed by atoms with Crippen molar-refractivity contribution in [1.29, 1.82) is 0 Å². The quantitative estimate of drug-likeness (QED) is 0.143. The highest BCUT2D eigenvalue weighted by atomic mass is 16.5. The molecule has 3 heterocycles. The summed E-state index contributed by atoms with van der Waals surface area (Å²) >= 11 is 0. The Hall–Kier alpha value is -5.47. The lowest BCUT2D eigenvalue weighted by Crippen LogP contribution is -2.52. The van der Waals surface area contributed by atoms with E-state index in [1.54, 1.807) is 0 Å². The van der Waals surface area contributed by atoms with E-state index in [2.05, 4.69) is 55.3 Å². The number of amides is 1. The van der Waals surface area contributed by atoms with Gasteiger partial charge in [-0.3, -0.25) is 14.4 Å². The number of aromatic nitrogens is 3. The van der Waals surface area contributed by atoms with E-state index in [4.69, 9.17) is 19.6 Å². The van der Waals surface area contributed by atoms with Gasteiger partial charge in [0.2, 0.25) is 17.7 Å². The van der Waals surface area contributed by atoms with Crippen LogP contribution in [0.15, 0.2) is 121 Å². The third-order valence-electron chi connectivity index (χ3n) is 9.41. The van der Waals surface area contributed by atoms with Crippen molar-refractivity contribution in [3.63, 3.8) is 0 Å². The second-order valence-corrected chi connectivity index (χ2v) is 12.8. The summed E-state index contributed by atoms with van der Waals surface area (Å²) in [5.41, 5.74) is 6.69. The molecule has 8 nitrogen and oxygen atoms in total. The van der Waals surface area contributed by atoms with E-state index in [0.29, 0.717) is 31.5 Å². The molecule has 0 unspecified atom stereocenters. The lowest BCUT2D eigenvalue weighted by molar-refractivity contribution is -0.125. The number of ether oxygens (including phenoxy) is 2. The molecule has 0 radical (unpaired) electrons. The molecule has 4 aromatic carbocycles. The maximum atomic E-state index is 13.8. The Labute approximate surface area is 287 Å². The van der Waals surface area contributed by atoms with Crippen LogP contribution in [0.25, 0.3) is 22.2 Å². The van der Waals surface area contributed by atoms with Crippen LogP contribution < -0.4 is 14.4 Å². The van der Waals surface area contributed by atoms with Gasteiger partial charge >= 0.3 is 0 Å². The molecule has 1 aliphatic heterocycles. The Kier molecular flexibility index (Phi) is 9.39. The standard InChI is InChI=1S/C41H41N5O3/c1-29-36(44(2)26-30-13-7-4-8-14-30)23-24-46(41(29)47)33-19-20-34-37(25-33)45(3)43-39(34)35-21-22-38(48-27-31-15-9-5-10-16-31)42-40(35)49-28-32-17-11-6-12-18-32/h4-22,25,29,36H,23-24,26-28H2,1-3H3/t29-,36+/m1/s1. The van der Waals surface area contributed by atoms with Gasteiger partial charge in [0, 0.05) is 43.3 Å². The summed E-state index contributed by atoms with van der Waals surface area (Å²) in [5, 5.41) is 5.89. The highest BCUT2D eigenvalue weighted by molar-refractivity contribution is 6.01. The summed E-state index contributed by atoms with van der Waals surface area (Å²) in [5.74, 6) is 0.941. The first-order valence-electron chi connectivity index (χ1n) is 16.8. The zero-order chi connectivity index (χ0) is 33.7. The molecule has 6 aromatic rings. The van der Waals surface area contributed by atoms with Gasteiger partial charge in [-0.15, -0.1) is 0 Å². The van der Waals surface area contributed by atoms with E-state index in [1.807, 2.05) is 102 Å². The van der Waals surface area contributed by atoms with Gasteiger partial charge in [-0.1, -0.05) is 97.9 Å². The molecule has 49 heavy (non-hydrogen) atoms. The zero-order valence-corrected chi connectivity index (χ0v) is 28.2. The zero-order valence-electron chi connectivity index (χ0n) is 28.2. The minimum atomic E-state index is -0.127. The third-order valence-corrected chi connectivity index (χ3v) is 9.41. The van der Waals surface area contributed by atoms with Crippen molar-refractivity contribution in [1.82, 2.24) is 19.7 Å². The first kappa shape index (κ1) is 32.1. The SMILES string of the molecule is C[C@H]1C(=O)N(c2ccc3c(-c4ccc(OCc5ccccc5)nc4OCc4ccccc4)nn(C)c3c2)CC[C@@H]1N(C)Cc1ccccc1. The average Bonchev–Trinajstić information content (AvgIpc) is 3.47. The van der Waals surface area contributed by atoms with E-state index in [0.717, 1.165) is 51.9 Å². The van der Waals surface area contributed by atoms with Crippen LogP contribution in [0, 0.1) is 5.92 Å². The van der Waals surface area contributed by atoms with Crippen LogP contribution in [-0.4, -0.2) is 45.2 Å². The predicted molar refractivity (Wildman–Crippen MR) is 193 cm³/mol. The minimum Gasteiger partial charge on any atom is -0.473 e.